The van der Waals surface area contributed by atoms with Crippen LogP contribution in [0.15, 0.2) is 18.3 Å². The van der Waals surface area contributed by atoms with Crippen LogP contribution in [0.2, 0.25) is 0 Å². The van der Waals surface area contributed by atoms with Crippen LogP contribution >= 0.6 is 24.8 Å². The zero-order valence-electron chi connectivity index (χ0n) is 14.6. The molecule has 1 aliphatic rings. The highest BCUT2D eigenvalue weighted by Gasteiger charge is 2.31. The monoisotopic (exact) mass is 398 g/mol. The molecule has 1 saturated heterocycles. The van der Waals surface area contributed by atoms with Crippen LogP contribution < -0.4 is 11.1 Å². The number of pyridine rings is 2. The number of piperidine rings is 1. The van der Waals surface area contributed by atoms with Crippen LogP contribution in [0, 0.1) is 0 Å². The van der Waals surface area contributed by atoms with Gasteiger partial charge in [0.25, 0.3) is 0 Å². The molecule has 3 aromatic rings. The molecule has 4 rings (SSSR count). The van der Waals surface area contributed by atoms with E-state index in [9.17, 15) is 5.11 Å². The van der Waals surface area contributed by atoms with Gasteiger partial charge in [-0.2, -0.15) is 0 Å². The lowest BCUT2D eigenvalue weighted by Gasteiger charge is -2.33. The molecule has 4 heterocycles. The van der Waals surface area contributed by atoms with Gasteiger partial charge >= 0.3 is 0 Å². The highest BCUT2D eigenvalue weighted by molar-refractivity contribution is 6.04. The third-order valence-electron chi connectivity index (χ3n) is 4.84. The van der Waals surface area contributed by atoms with Crippen molar-refractivity contribution in [2.75, 3.05) is 18.8 Å². The molecule has 0 atom stereocenters. The Morgan fingerprint density at radius 2 is 1.96 bits per heavy atom. The van der Waals surface area contributed by atoms with Gasteiger partial charge in [0.15, 0.2) is 5.82 Å². The average molecular weight is 399 g/mol. The minimum absolute atomic E-state index is 0. The second-order valence-corrected chi connectivity index (χ2v) is 6.51. The first kappa shape index (κ1) is 20.6. The van der Waals surface area contributed by atoms with Gasteiger partial charge in [-0.15, -0.1) is 24.8 Å². The van der Waals surface area contributed by atoms with E-state index < -0.39 is 5.60 Å². The number of fused-ring (bicyclic) bond motifs is 3. The smallest absolute Gasteiger partial charge is 0.152 e. The largest absolute Gasteiger partial charge is 0.388 e. The van der Waals surface area contributed by atoms with Gasteiger partial charge in [-0.3, -0.25) is 4.98 Å². The molecule has 26 heavy (non-hydrogen) atoms. The number of nitrogens with zero attached hydrogens (tertiary/aromatic N) is 4. The Bertz CT molecular complexity index is 907. The molecule has 0 amide bonds. The van der Waals surface area contributed by atoms with E-state index in [1.54, 1.807) is 6.20 Å². The van der Waals surface area contributed by atoms with Crippen molar-refractivity contribution in [2.45, 2.75) is 38.3 Å². The van der Waals surface area contributed by atoms with Gasteiger partial charge < -0.3 is 20.7 Å². The summed E-state index contributed by atoms with van der Waals surface area (Å²) in [5, 5.41) is 14.3. The van der Waals surface area contributed by atoms with Crippen molar-refractivity contribution >= 4 is 52.7 Å². The second kappa shape index (κ2) is 7.92. The summed E-state index contributed by atoms with van der Waals surface area (Å²) in [6.07, 6.45) is 3.96. The first-order chi connectivity index (χ1) is 11.6. The fourth-order valence-corrected chi connectivity index (χ4v) is 3.55. The Hall–Kier alpha value is -1.67. The standard InChI is InChI=1S/C17H22N6O.2ClH/c1-2-12-22-14-15(13-11(21-16(14)18)4-3-7-20-13)23(12)10-17(24)5-8-19-9-6-17;;/h3-4,7,19,24H,2,5-6,8-10H2,1H3,(H2,18,21);2*1H. The van der Waals surface area contributed by atoms with E-state index in [-0.39, 0.29) is 24.8 Å². The zero-order chi connectivity index (χ0) is 16.7. The number of aliphatic hydroxyl groups is 1. The molecule has 0 unspecified atom stereocenters. The summed E-state index contributed by atoms with van der Waals surface area (Å²) < 4.78 is 2.09. The number of anilines is 1. The van der Waals surface area contributed by atoms with Crippen molar-refractivity contribution in [3.63, 3.8) is 0 Å². The van der Waals surface area contributed by atoms with Crippen LogP contribution in [0.5, 0.6) is 0 Å². The number of rotatable bonds is 3. The molecule has 0 aromatic carbocycles. The van der Waals surface area contributed by atoms with E-state index in [2.05, 4.69) is 31.8 Å². The molecule has 4 N–H and O–H groups in total. The quantitative estimate of drug-likeness (QED) is 0.623. The summed E-state index contributed by atoms with van der Waals surface area (Å²) in [4.78, 5) is 13.6. The molecule has 0 spiro atoms. The zero-order valence-corrected chi connectivity index (χ0v) is 16.2. The molecular weight excluding hydrogens is 375 g/mol. The van der Waals surface area contributed by atoms with Crippen LogP contribution in [-0.2, 0) is 13.0 Å². The number of aryl methyl sites for hydroxylation is 1. The van der Waals surface area contributed by atoms with Gasteiger partial charge in [-0.1, -0.05) is 6.92 Å². The van der Waals surface area contributed by atoms with Crippen LogP contribution in [0.1, 0.15) is 25.6 Å². The fourth-order valence-electron chi connectivity index (χ4n) is 3.55. The number of nitrogen functional groups attached to an aromatic ring is 1. The minimum Gasteiger partial charge on any atom is -0.388 e. The van der Waals surface area contributed by atoms with Gasteiger partial charge in [0.1, 0.15) is 22.4 Å². The summed E-state index contributed by atoms with van der Waals surface area (Å²) >= 11 is 0. The van der Waals surface area contributed by atoms with E-state index in [1.165, 1.54) is 0 Å². The third kappa shape index (κ3) is 3.44. The van der Waals surface area contributed by atoms with E-state index in [1.807, 2.05) is 12.1 Å². The Morgan fingerprint density at radius 1 is 1.23 bits per heavy atom. The van der Waals surface area contributed by atoms with Crippen molar-refractivity contribution in [3.8, 4) is 0 Å². The lowest BCUT2D eigenvalue weighted by atomic mass is 9.92. The molecule has 9 heteroatoms. The number of hydrogen-bond donors (Lipinski definition) is 3. The summed E-state index contributed by atoms with van der Waals surface area (Å²) in [5.41, 5.74) is 8.49. The van der Waals surface area contributed by atoms with Crippen molar-refractivity contribution in [1.29, 1.82) is 0 Å². The second-order valence-electron chi connectivity index (χ2n) is 6.51. The first-order valence-corrected chi connectivity index (χ1v) is 8.44. The first-order valence-electron chi connectivity index (χ1n) is 8.44. The summed E-state index contributed by atoms with van der Waals surface area (Å²) in [6, 6.07) is 3.75. The van der Waals surface area contributed by atoms with Gasteiger partial charge in [0.05, 0.1) is 17.7 Å². The number of aromatic nitrogens is 4. The van der Waals surface area contributed by atoms with Crippen LogP contribution in [0.25, 0.3) is 22.1 Å². The van der Waals surface area contributed by atoms with Gasteiger partial charge in [0, 0.05) is 12.6 Å². The van der Waals surface area contributed by atoms with Crippen molar-refractivity contribution in [1.82, 2.24) is 24.8 Å². The molecule has 0 saturated carbocycles. The van der Waals surface area contributed by atoms with Crippen LogP contribution in [-0.4, -0.2) is 43.3 Å². The third-order valence-corrected chi connectivity index (χ3v) is 4.84. The Kier molecular flexibility index (Phi) is 6.29. The molecule has 142 valence electrons. The lowest BCUT2D eigenvalue weighted by Crippen LogP contribution is -2.45. The van der Waals surface area contributed by atoms with E-state index >= 15 is 0 Å². The maximum Gasteiger partial charge on any atom is 0.152 e. The highest BCUT2D eigenvalue weighted by Crippen LogP contribution is 2.30. The SMILES string of the molecule is CCc1nc2c(N)nc3cccnc3c2n1CC1(O)CCNCC1.Cl.Cl. The predicted octanol–water partition coefficient (Wildman–Crippen LogP) is 2.08. The van der Waals surface area contributed by atoms with Gasteiger partial charge in [-0.25, -0.2) is 9.97 Å². The maximum atomic E-state index is 11.0. The number of nitrogens with one attached hydrogen (secondary N) is 1. The number of nitrogens with two attached hydrogens (primary N) is 1. The predicted molar refractivity (Wildman–Crippen MR) is 108 cm³/mol. The molecule has 0 radical (unpaired) electrons. The van der Waals surface area contributed by atoms with Gasteiger partial charge in [-0.05, 0) is 38.1 Å². The van der Waals surface area contributed by atoms with E-state index in [4.69, 9.17) is 5.73 Å². The normalized spacial score (nSPS) is 16.2. The minimum atomic E-state index is -0.734. The molecule has 7 nitrogen and oxygen atoms in total. The van der Waals surface area contributed by atoms with Crippen molar-refractivity contribution in [3.05, 3.63) is 24.2 Å². The molecule has 1 aliphatic heterocycles. The Morgan fingerprint density at radius 3 is 2.65 bits per heavy atom. The van der Waals surface area contributed by atoms with Crippen LogP contribution in [0.4, 0.5) is 5.82 Å². The van der Waals surface area contributed by atoms with E-state index in [0.29, 0.717) is 17.9 Å². The van der Waals surface area contributed by atoms with Crippen LogP contribution in [0.3, 0.4) is 0 Å². The Labute approximate surface area is 164 Å². The Balaban J connectivity index is 0.00000121. The number of imidazole rings is 1. The number of hydrogen-bond acceptors (Lipinski definition) is 6. The van der Waals surface area contributed by atoms with Crippen molar-refractivity contribution < 1.29 is 5.11 Å². The molecule has 0 aliphatic carbocycles. The molecule has 1 fully saturated rings. The average Bonchev–Trinajstić information content (AvgIpc) is 2.94. The fraction of sp³-hybridized carbons (Fsp3) is 0.471. The molecule has 0 bridgehead atoms. The molecule has 3 aromatic heterocycles. The summed E-state index contributed by atoms with van der Waals surface area (Å²) in [5.74, 6) is 1.32. The highest BCUT2D eigenvalue weighted by atomic mass is 35.5. The topological polar surface area (TPSA) is 102 Å². The summed E-state index contributed by atoms with van der Waals surface area (Å²) in [6.45, 7) is 4.22. The molecular formula is C17H24Cl2N6O. The van der Waals surface area contributed by atoms with Crippen molar-refractivity contribution in [2.24, 2.45) is 0 Å². The summed E-state index contributed by atoms with van der Waals surface area (Å²) in [7, 11) is 0. The van der Waals surface area contributed by atoms with Gasteiger partial charge in [0.2, 0.25) is 0 Å². The number of halogens is 2. The maximum absolute atomic E-state index is 11.0. The van der Waals surface area contributed by atoms with E-state index in [0.717, 1.165) is 54.7 Å². The lowest BCUT2D eigenvalue weighted by molar-refractivity contribution is -0.00499.